The Morgan fingerprint density at radius 1 is 1.11 bits per heavy atom. The number of rotatable bonds is 6. The number of nitrogens with one attached hydrogen (secondary N) is 1. The zero-order valence-corrected chi connectivity index (χ0v) is 15.8. The van der Waals surface area contributed by atoms with Crippen molar-refractivity contribution in [1.29, 1.82) is 0 Å². The summed E-state index contributed by atoms with van der Waals surface area (Å²) in [6, 6.07) is 16.4. The van der Waals surface area contributed by atoms with E-state index >= 15 is 0 Å². The Bertz CT molecular complexity index is 1050. The molecule has 4 rings (SSSR count). The molecular formula is C22H21N3O3. The lowest BCUT2D eigenvalue weighted by atomic mass is 10.1. The molecule has 2 aromatic carbocycles. The predicted molar refractivity (Wildman–Crippen MR) is 106 cm³/mol. The lowest BCUT2D eigenvalue weighted by Crippen LogP contribution is -2.13. The van der Waals surface area contributed by atoms with Gasteiger partial charge in [-0.05, 0) is 50.1 Å². The third kappa shape index (κ3) is 3.67. The fraction of sp³-hybridized carbons (Fsp3) is 0.227. The Morgan fingerprint density at radius 3 is 2.61 bits per heavy atom. The number of amides is 1. The third-order valence-corrected chi connectivity index (χ3v) is 4.79. The molecule has 0 bridgehead atoms. The molecule has 1 heterocycles. The standard InChI is InChI=1S/C22H21N3O3/c1-14(26)16-5-3-6-17(11-16)23-22(27)20-13-21(15-9-10-15)25(24-20)18-7-4-8-19(12-18)28-2/h3-8,11-13,15H,9-10H2,1-2H3,(H,23,27). The summed E-state index contributed by atoms with van der Waals surface area (Å²) in [6.07, 6.45) is 2.19. The molecule has 0 saturated heterocycles. The number of hydrogen-bond acceptors (Lipinski definition) is 4. The summed E-state index contributed by atoms with van der Waals surface area (Å²) in [4.78, 5) is 24.3. The van der Waals surface area contributed by atoms with Crippen LogP contribution in [0.4, 0.5) is 5.69 Å². The van der Waals surface area contributed by atoms with Gasteiger partial charge in [-0.2, -0.15) is 5.10 Å². The quantitative estimate of drug-likeness (QED) is 0.655. The molecule has 0 unspecified atom stereocenters. The van der Waals surface area contributed by atoms with E-state index in [9.17, 15) is 9.59 Å². The Morgan fingerprint density at radius 2 is 1.89 bits per heavy atom. The van der Waals surface area contributed by atoms with Crippen LogP contribution >= 0.6 is 0 Å². The van der Waals surface area contributed by atoms with Crippen LogP contribution in [0.25, 0.3) is 5.69 Å². The van der Waals surface area contributed by atoms with E-state index in [4.69, 9.17) is 4.74 Å². The molecule has 1 N–H and O–H groups in total. The van der Waals surface area contributed by atoms with E-state index in [1.807, 2.05) is 35.0 Å². The first-order chi connectivity index (χ1) is 13.5. The topological polar surface area (TPSA) is 73.2 Å². The molecule has 1 fully saturated rings. The summed E-state index contributed by atoms with van der Waals surface area (Å²) in [5, 5.41) is 7.39. The van der Waals surface area contributed by atoms with Crippen LogP contribution in [-0.4, -0.2) is 28.6 Å². The number of carbonyl (C=O) groups is 2. The molecule has 6 heteroatoms. The maximum Gasteiger partial charge on any atom is 0.276 e. The van der Waals surface area contributed by atoms with Crippen molar-refractivity contribution < 1.29 is 14.3 Å². The highest BCUT2D eigenvalue weighted by molar-refractivity contribution is 6.04. The summed E-state index contributed by atoms with van der Waals surface area (Å²) < 4.78 is 7.13. The van der Waals surface area contributed by atoms with Crippen LogP contribution in [0.3, 0.4) is 0 Å². The molecule has 0 aliphatic heterocycles. The monoisotopic (exact) mass is 375 g/mol. The van der Waals surface area contributed by atoms with Gasteiger partial charge in [0.25, 0.3) is 5.91 Å². The second-order valence-corrected chi connectivity index (χ2v) is 6.93. The van der Waals surface area contributed by atoms with Crippen LogP contribution in [0.1, 0.15) is 52.2 Å². The fourth-order valence-electron chi connectivity index (χ4n) is 3.14. The highest BCUT2D eigenvalue weighted by Gasteiger charge is 2.30. The Hall–Kier alpha value is -3.41. The molecule has 1 saturated carbocycles. The van der Waals surface area contributed by atoms with Gasteiger partial charge in [0.1, 0.15) is 5.75 Å². The van der Waals surface area contributed by atoms with Crippen LogP contribution in [0, 0.1) is 0 Å². The van der Waals surface area contributed by atoms with Crippen molar-refractivity contribution in [1.82, 2.24) is 9.78 Å². The van der Waals surface area contributed by atoms with Gasteiger partial charge in [-0.25, -0.2) is 4.68 Å². The summed E-state index contributed by atoms with van der Waals surface area (Å²) in [6.45, 7) is 1.50. The summed E-state index contributed by atoms with van der Waals surface area (Å²) in [5.41, 5.74) is 3.35. The van der Waals surface area contributed by atoms with Crippen LogP contribution in [-0.2, 0) is 0 Å². The first-order valence-corrected chi connectivity index (χ1v) is 9.22. The van der Waals surface area contributed by atoms with Crippen LogP contribution in [0.5, 0.6) is 5.75 Å². The van der Waals surface area contributed by atoms with Crippen LogP contribution in [0.15, 0.2) is 54.6 Å². The lowest BCUT2D eigenvalue weighted by Gasteiger charge is -2.08. The molecule has 142 valence electrons. The normalized spacial score (nSPS) is 13.2. The molecule has 3 aromatic rings. The number of ketones is 1. The summed E-state index contributed by atoms with van der Waals surface area (Å²) in [7, 11) is 1.62. The number of aromatic nitrogens is 2. The average molecular weight is 375 g/mol. The smallest absolute Gasteiger partial charge is 0.276 e. The number of methoxy groups -OCH3 is 1. The highest BCUT2D eigenvalue weighted by Crippen LogP contribution is 2.41. The SMILES string of the molecule is COc1cccc(-n2nc(C(=O)Nc3cccc(C(C)=O)c3)cc2C2CC2)c1. The summed E-state index contributed by atoms with van der Waals surface area (Å²) >= 11 is 0. The van der Waals surface area contributed by atoms with Crippen LogP contribution in [0.2, 0.25) is 0 Å². The van der Waals surface area contributed by atoms with Crippen LogP contribution < -0.4 is 10.1 Å². The van der Waals surface area contributed by atoms with Gasteiger partial charge in [-0.3, -0.25) is 9.59 Å². The van der Waals surface area contributed by atoms with E-state index in [-0.39, 0.29) is 11.7 Å². The zero-order valence-electron chi connectivity index (χ0n) is 15.8. The van der Waals surface area contributed by atoms with Crippen molar-refractivity contribution in [2.75, 3.05) is 12.4 Å². The van der Waals surface area contributed by atoms with Gasteiger partial charge < -0.3 is 10.1 Å². The van der Waals surface area contributed by atoms with Gasteiger partial charge in [0.2, 0.25) is 0 Å². The molecule has 6 nitrogen and oxygen atoms in total. The third-order valence-electron chi connectivity index (χ3n) is 4.79. The minimum Gasteiger partial charge on any atom is -0.497 e. The van der Waals surface area contributed by atoms with E-state index in [2.05, 4.69) is 10.4 Å². The molecule has 0 spiro atoms. The largest absolute Gasteiger partial charge is 0.497 e. The number of carbonyl (C=O) groups excluding carboxylic acids is 2. The Labute approximate surface area is 163 Å². The number of ether oxygens (including phenoxy) is 1. The van der Waals surface area contributed by atoms with Gasteiger partial charge in [0.15, 0.2) is 11.5 Å². The number of nitrogens with zero attached hydrogens (tertiary/aromatic N) is 2. The average Bonchev–Trinajstić information content (AvgIpc) is 3.46. The number of anilines is 1. The van der Waals surface area contributed by atoms with E-state index in [0.717, 1.165) is 30.0 Å². The molecule has 1 amide bonds. The Balaban J connectivity index is 1.64. The Kier molecular flexibility index (Phi) is 4.69. The number of hydrogen-bond donors (Lipinski definition) is 1. The van der Waals surface area contributed by atoms with Gasteiger partial charge in [-0.15, -0.1) is 0 Å². The molecule has 1 aliphatic carbocycles. The van der Waals surface area contributed by atoms with Crippen molar-refractivity contribution >= 4 is 17.4 Å². The van der Waals surface area contributed by atoms with E-state index in [1.54, 1.807) is 31.4 Å². The van der Waals surface area contributed by atoms with Gasteiger partial charge in [0.05, 0.1) is 12.8 Å². The summed E-state index contributed by atoms with van der Waals surface area (Å²) in [5.74, 6) is 0.807. The van der Waals surface area contributed by atoms with Gasteiger partial charge >= 0.3 is 0 Å². The van der Waals surface area contributed by atoms with E-state index in [0.29, 0.717) is 22.9 Å². The maximum absolute atomic E-state index is 12.8. The minimum atomic E-state index is -0.302. The van der Waals surface area contributed by atoms with E-state index in [1.165, 1.54) is 6.92 Å². The van der Waals surface area contributed by atoms with Gasteiger partial charge in [0, 0.05) is 28.9 Å². The predicted octanol–water partition coefficient (Wildman–Crippen LogP) is 4.21. The number of benzene rings is 2. The minimum absolute atomic E-state index is 0.0468. The molecule has 1 aromatic heterocycles. The molecular weight excluding hydrogens is 354 g/mol. The second-order valence-electron chi connectivity index (χ2n) is 6.93. The highest BCUT2D eigenvalue weighted by atomic mass is 16.5. The van der Waals surface area contributed by atoms with Gasteiger partial charge in [-0.1, -0.05) is 18.2 Å². The maximum atomic E-state index is 12.8. The van der Waals surface area contributed by atoms with Crippen molar-refractivity contribution in [3.8, 4) is 11.4 Å². The van der Waals surface area contributed by atoms with Crippen molar-refractivity contribution in [2.45, 2.75) is 25.7 Å². The fourth-order valence-corrected chi connectivity index (χ4v) is 3.14. The molecule has 0 atom stereocenters. The molecule has 28 heavy (non-hydrogen) atoms. The van der Waals surface area contributed by atoms with E-state index < -0.39 is 0 Å². The second kappa shape index (κ2) is 7.31. The molecule has 0 radical (unpaired) electrons. The number of Topliss-reactive ketones (excluding diaryl/α,β-unsaturated/α-hetero) is 1. The molecule has 1 aliphatic rings. The zero-order chi connectivity index (χ0) is 19.7. The van der Waals surface area contributed by atoms with Crippen molar-refractivity contribution in [3.63, 3.8) is 0 Å². The van der Waals surface area contributed by atoms with Crippen molar-refractivity contribution in [3.05, 3.63) is 71.5 Å². The first kappa shape index (κ1) is 18.0. The van der Waals surface area contributed by atoms with Crippen molar-refractivity contribution in [2.24, 2.45) is 0 Å². The first-order valence-electron chi connectivity index (χ1n) is 9.22. The lowest BCUT2D eigenvalue weighted by molar-refractivity contribution is 0.100.